The average molecular weight is 412 g/mol. The van der Waals surface area contributed by atoms with Gasteiger partial charge in [0.25, 0.3) is 0 Å². The Bertz CT molecular complexity index is 634. The molecule has 0 heterocycles. The van der Waals surface area contributed by atoms with Crippen LogP contribution < -0.4 is 20.1 Å². The molecular formula is C16H17IN2O3. The van der Waals surface area contributed by atoms with Crippen molar-refractivity contribution in [3.05, 3.63) is 52.1 Å². The standard InChI is InChI=1S/C16H17IN2O3/c1-21-14-6-3-7-15(11-14)22-9-8-18-16(20)19-13-5-2-4-12(17)10-13/h2-7,10-11H,8-9H2,1H3,(H2,18,19,20). The van der Waals surface area contributed by atoms with Crippen LogP contribution in [0.1, 0.15) is 0 Å². The van der Waals surface area contributed by atoms with Gasteiger partial charge in [0.05, 0.1) is 13.7 Å². The van der Waals surface area contributed by atoms with Gasteiger partial charge < -0.3 is 20.1 Å². The number of carbonyl (C=O) groups excluding carboxylic acids is 1. The Morgan fingerprint density at radius 2 is 1.91 bits per heavy atom. The fraction of sp³-hybridized carbons (Fsp3) is 0.188. The zero-order valence-corrected chi connectivity index (χ0v) is 14.3. The second kappa shape index (κ2) is 8.47. The van der Waals surface area contributed by atoms with E-state index in [0.717, 1.165) is 15.0 Å². The van der Waals surface area contributed by atoms with Crippen LogP contribution in [-0.2, 0) is 0 Å². The van der Waals surface area contributed by atoms with Crippen molar-refractivity contribution in [3.63, 3.8) is 0 Å². The molecule has 0 spiro atoms. The highest BCUT2D eigenvalue weighted by Crippen LogP contribution is 2.18. The molecule has 6 heteroatoms. The van der Waals surface area contributed by atoms with E-state index in [-0.39, 0.29) is 6.03 Å². The predicted octanol–water partition coefficient (Wildman–Crippen LogP) is 3.50. The first-order valence-electron chi connectivity index (χ1n) is 6.74. The zero-order chi connectivity index (χ0) is 15.8. The van der Waals surface area contributed by atoms with Gasteiger partial charge >= 0.3 is 6.03 Å². The van der Waals surface area contributed by atoms with Crippen molar-refractivity contribution in [2.75, 3.05) is 25.6 Å². The van der Waals surface area contributed by atoms with Crippen LogP contribution in [0.15, 0.2) is 48.5 Å². The van der Waals surface area contributed by atoms with E-state index in [4.69, 9.17) is 9.47 Å². The minimum Gasteiger partial charge on any atom is -0.497 e. The van der Waals surface area contributed by atoms with Gasteiger partial charge in [0.15, 0.2) is 0 Å². The number of amides is 2. The fourth-order valence-electron chi connectivity index (χ4n) is 1.77. The molecule has 0 aromatic heterocycles. The minimum absolute atomic E-state index is 0.253. The van der Waals surface area contributed by atoms with Crippen LogP contribution in [0.3, 0.4) is 0 Å². The lowest BCUT2D eigenvalue weighted by atomic mass is 10.3. The molecule has 2 rings (SSSR count). The number of hydrogen-bond acceptors (Lipinski definition) is 3. The molecule has 22 heavy (non-hydrogen) atoms. The molecule has 5 nitrogen and oxygen atoms in total. The SMILES string of the molecule is COc1cccc(OCCNC(=O)Nc2cccc(I)c2)c1. The summed E-state index contributed by atoms with van der Waals surface area (Å²) in [6.45, 7) is 0.792. The number of anilines is 1. The number of methoxy groups -OCH3 is 1. The van der Waals surface area contributed by atoms with Gasteiger partial charge in [-0.25, -0.2) is 4.79 Å². The van der Waals surface area contributed by atoms with E-state index >= 15 is 0 Å². The van der Waals surface area contributed by atoms with Crippen LogP contribution in [0.2, 0.25) is 0 Å². The zero-order valence-electron chi connectivity index (χ0n) is 12.1. The van der Waals surface area contributed by atoms with Gasteiger partial charge in [0.1, 0.15) is 18.1 Å². The summed E-state index contributed by atoms with van der Waals surface area (Å²) in [5.41, 5.74) is 0.762. The van der Waals surface area contributed by atoms with Gasteiger partial charge in [0, 0.05) is 15.3 Å². The molecule has 0 aliphatic heterocycles. The molecule has 0 atom stereocenters. The molecule has 0 bridgehead atoms. The summed E-state index contributed by atoms with van der Waals surface area (Å²) in [4.78, 5) is 11.7. The van der Waals surface area contributed by atoms with E-state index in [0.29, 0.717) is 18.9 Å². The topological polar surface area (TPSA) is 59.6 Å². The van der Waals surface area contributed by atoms with Crippen molar-refractivity contribution >= 4 is 34.3 Å². The maximum absolute atomic E-state index is 11.7. The van der Waals surface area contributed by atoms with E-state index in [1.54, 1.807) is 13.2 Å². The summed E-state index contributed by atoms with van der Waals surface area (Å²) in [5.74, 6) is 1.45. The Hall–Kier alpha value is -1.96. The van der Waals surface area contributed by atoms with Crippen LogP contribution >= 0.6 is 22.6 Å². The fourth-order valence-corrected chi connectivity index (χ4v) is 2.31. The van der Waals surface area contributed by atoms with E-state index < -0.39 is 0 Å². The molecule has 0 saturated carbocycles. The molecular weight excluding hydrogens is 395 g/mol. The molecule has 116 valence electrons. The first-order valence-corrected chi connectivity index (χ1v) is 7.82. The number of rotatable bonds is 6. The van der Waals surface area contributed by atoms with E-state index in [1.165, 1.54) is 0 Å². The van der Waals surface area contributed by atoms with E-state index in [9.17, 15) is 4.79 Å². The molecule has 0 radical (unpaired) electrons. The quantitative estimate of drug-likeness (QED) is 0.564. The minimum atomic E-state index is -0.253. The summed E-state index contributed by atoms with van der Waals surface area (Å²) in [5, 5.41) is 5.51. The summed E-state index contributed by atoms with van der Waals surface area (Å²) in [7, 11) is 1.61. The molecule has 0 saturated heterocycles. The monoisotopic (exact) mass is 412 g/mol. The highest BCUT2D eigenvalue weighted by atomic mass is 127. The van der Waals surface area contributed by atoms with Crippen molar-refractivity contribution in [2.45, 2.75) is 0 Å². The van der Waals surface area contributed by atoms with Crippen molar-refractivity contribution < 1.29 is 14.3 Å². The summed E-state index contributed by atoms with van der Waals surface area (Å²) < 4.78 is 11.7. The van der Waals surface area contributed by atoms with Gasteiger partial charge in [-0.1, -0.05) is 12.1 Å². The smallest absolute Gasteiger partial charge is 0.319 e. The van der Waals surface area contributed by atoms with Gasteiger partial charge in [-0.3, -0.25) is 0 Å². The van der Waals surface area contributed by atoms with Crippen LogP contribution in [-0.4, -0.2) is 26.3 Å². The molecule has 2 amide bonds. The van der Waals surface area contributed by atoms with Crippen LogP contribution in [0.25, 0.3) is 0 Å². The number of carbonyl (C=O) groups is 1. The summed E-state index contributed by atoms with van der Waals surface area (Å²) in [6.07, 6.45) is 0. The summed E-state index contributed by atoms with van der Waals surface area (Å²) in [6, 6.07) is 14.7. The number of urea groups is 1. The Labute approximate surface area is 143 Å². The molecule has 0 aliphatic rings. The second-order valence-electron chi connectivity index (χ2n) is 4.42. The Balaban J connectivity index is 1.70. The number of hydrogen-bond donors (Lipinski definition) is 2. The Morgan fingerprint density at radius 3 is 2.68 bits per heavy atom. The maximum Gasteiger partial charge on any atom is 0.319 e. The van der Waals surface area contributed by atoms with E-state index in [2.05, 4.69) is 33.2 Å². The number of ether oxygens (including phenoxy) is 2. The van der Waals surface area contributed by atoms with Gasteiger partial charge in [-0.2, -0.15) is 0 Å². The molecule has 0 unspecified atom stereocenters. The first kappa shape index (κ1) is 16.4. The largest absolute Gasteiger partial charge is 0.497 e. The molecule has 2 aromatic rings. The maximum atomic E-state index is 11.7. The van der Waals surface area contributed by atoms with Gasteiger partial charge in [-0.15, -0.1) is 0 Å². The molecule has 0 aliphatic carbocycles. The second-order valence-corrected chi connectivity index (χ2v) is 5.66. The van der Waals surface area contributed by atoms with Crippen molar-refractivity contribution in [2.24, 2.45) is 0 Å². The normalized spacial score (nSPS) is 9.91. The highest BCUT2D eigenvalue weighted by molar-refractivity contribution is 14.1. The third kappa shape index (κ3) is 5.44. The lowest BCUT2D eigenvalue weighted by Gasteiger charge is -2.10. The molecule has 0 fully saturated rings. The average Bonchev–Trinajstić information content (AvgIpc) is 2.52. The van der Waals surface area contributed by atoms with Gasteiger partial charge in [-0.05, 0) is 52.9 Å². The Kier molecular flexibility index (Phi) is 6.32. The summed E-state index contributed by atoms with van der Waals surface area (Å²) >= 11 is 2.20. The lowest BCUT2D eigenvalue weighted by molar-refractivity contribution is 0.247. The number of nitrogens with one attached hydrogen (secondary N) is 2. The van der Waals surface area contributed by atoms with Crippen LogP contribution in [0, 0.1) is 3.57 Å². The number of benzene rings is 2. The predicted molar refractivity (Wildman–Crippen MR) is 94.7 cm³/mol. The first-order chi connectivity index (χ1) is 10.7. The molecule has 2 N–H and O–H groups in total. The van der Waals surface area contributed by atoms with Crippen molar-refractivity contribution in [3.8, 4) is 11.5 Å². The van der Waals surface area contributed by atoms with Crippen molar-refractivity contribution in [1.82, 2.24) is 5.32 Å². The highest BCUT2D eigenvalue weighted by Gasteiger charge is 2.02. The number of halogens is 1. The third-order valence-electron chi connectivity index (χ3n) is 2.78. The third-order valence-corrected chi connectivity index (χ3v) is 3.45. The van der Waals surface area contributed by atoms with Crippen LogP contribution in [0.5, 0.6) is 11.5 Å². The molecule has 2 aromatic carbocycles. The van der Waals surface area contributed by atoms with Gasteiger partial charge in [0.2, 0.25) is 0 Å². The Morgan fingerprint density at radius 1 is 1.14 bits per heavy atom. The van der Waals surface area contributed by atoms with E-state index in [1.807, 2.05) is 42.5 Å². The van der Waals surface area contributed by atoms with Crippen LogP contribution in [0.4, 0.5) is 10.5 Å². The van der Waals surface area contributed by atoms with Crippen molar-refractivity contribution in [1.29, 1.82) is 0 Å². The lowest BCUT2D eigenvalue weighted by Crippen LogP contribution is -2.32.